The molecule has 0 bridgehead atoms. The summed E-state index contributed by atoms with van der Waals surface area (Å²) < 4.78 is 13.2. The summed E-state index contributed by atoms with van der Waals surface area (Å²) in [6.45, 7) is 7.09. The molecule has 5 nitrogen and oxygen atoms in total. The molecule has 21 heavy (non-hydrogen) atoms. The van der Waals surface area contributed by atoms with Gasteiger partial charge in [0.05, 0.1) is 16.4 Å². The third kappa shape index (κ3) is 1.72. The number of benzene rings is 1. The van der Waals surface area contributed by atoms with Crippen LogP contribution in [0, 0.1) is 5.82 Å². The SMILES string of the molecule is CC1(C)N([O])/C(=C2\C=c3ccc(F)cc3=N2)N(O)C1(C)C. The predicted molar refractivity (Wildman–Crippen MR) is 73.0 cm³/mol. The number of hydrogen-bond acceptors (Lipinski definition) is 4. The van der Waals surface area contributed by atoms with Crippen LogP contribution in [0.5, 0.6) is 0 Å². The van der Waals surface area contributed by atoms with Gasteiger partial charge in [0.1, 0.15) is 11.5 Å². The van der Waals surface area contributed by atoms with Crippen LogP contribution in [0.2, 0.25) is 0 Å². The van der Waals surface area contributed by atoms with Gasteiger partial charge in [0.2, 0.25) is 0 Å². The number of fused-ring (bicyclic) bond motifs is 1. The molecule has 0 unspecified atom stereocenters. The quantitative estimate of drug-likeness (QED) is 0.784. The fourth-order valence-electron chi connectivity index (χ4n) is 2.50. The highest BCUT2D eigenvalue weighted by atomic mass is 19.1. The molecule has 0 aromatic heterocycles. The molecule has 2 aliphatic heterocycles. The van der Waals surface area contributed by atoms with E-state index in [4.69, 9.17) is 0 Å². The Bertz CT molecular complexity index is 746. The van der Waals surface area contributed by atoms with Gasteiger partial charge in [-0.15, -0.1) is 0 Å². The van der Waals surface area contributed by atoms with Crippen LogP contribution in [0.15, 0.2) is 34.7 Å². The van der Waals surface area contributed by atoms with E-state index < -0.39 is 11.1 Å². The molecule has 2 heterocycles. The summed E-state index contributed by atoms with van der Waals surface area (Å²) in [4.78, 5) is 4.27. The Kier molecular flexibility index (Phi) is 2.71. The lowest BCUT2D eigenvalue weighted by molar-refractivity contribution is -0.181. The number of hydrogen-bond donors (Lipinski definition) is 1. The molecule has 1 saturated heterocycles. The number of allylic oxidation sites excluding steroid dienone is 1. The Morgan fingerprint density at radius 2 is 1.86 bits per heavy atom. The average molecular weight is 290 g/mol. The Labute approximate surface area is 121 Å². The van der Waals surface area contributed by atoms with E-state index in [9.17, 15) is 14.8 Å². The average Bonchev–Trinajstić information content (AvgIpc) is 2.84. The molecule has 1 aromatic rings. The summed E-state index contributed by atoms with van der Waals surface area (Å²) >= 11 is 0. The molecule has 0 spiro atoms. The van der Waals surface area contributed by atoms with Gasteiger partial charge in [-0.2, -0.15) is 5.06 Å². The van der Waals surface area contributed by atoms with Crippen LogP contribution in [0.25, 0.3) is 6.08 Å². The van der Waals surface area contributed by atoms with Crippen molar-refractivity contribution >= 4 is 6.08 Å². The topological polar surface area (TPSA) is 59.0 Å². The van der Waals surface area contributed by atoms with Gasteiger partial charge >= 0.3 is 0 Å². The molecule has 3 rings (SSSR count). The first-order valence-corrected chi connectivity index (χ1v) is 6.73. The lowest BCUT2D eigenvalue weighted by Crippen LogP contribution is -2.52. The molecule has 0 amide bonds. The van der Waals surface area contributed by atoms with Crippen LogP contribution >= 0.6 is 0 Å². The first-order chi connectivity index (χ1) is 9.66. The molecule has 0 saturated carbocycles. The van der Waals surface area contributed by atoms with Gasteiger partial charge in [-0.3, -0.25) is 5.21 Å². The highest BCUT2D eigenvalue weighted by Crippen LogP contribution is 2.44. The second-order valence-corrected chi connectivity index (χ2v) is 6.39. The lowest BCUT2D eigenvalue weighted by atomic mass is 9.84. The van der Waals surface area contributed by atoms with Crippen molar-refractivity contribution < 1.29 is 14.8 Å². The van der Waals surface area contributed by atoms with Gasteiger partial charge in [-0.05, 0) is 45.9 Å². The molecule has 1 radical (unpaired) electrons. The number of nitrogens with zero attached hydrogens (tertiary/aromatic N) is 3. The summed E-state index contributed by atoms with van der Waals surface area (Å²) in [7, 11) is 0. The molecule has 111 valence electrons. The normalized spacial score (nSPS) is 25.7. The molecule has 0 atom stereocenters. The van der Waals surface area contributed by atoms with E-state index in [-0.39, 0.29) is 11.6 Å². The summed E-state index contributed by atoms with van der Waals surface area (Å²) in [6, 6.07) is 4.25. The summed E-state index contributed by atoms with van der Waals surface area (Å²) in [6.07, 6.45) is 1.68. The van der Waals surface area contributed by atoms with E-state index in [1.807, 2.05) is 0 Å². The van der Waals surface area contributed by atoms with Gasteiger partial charge in [0, 0.05) is 11.3 Å². The van der Waals surface area contributed by atoms with E-state index in [0.29, 0.717) is 11.1 Å². The van der Waals surface area contributed by atoms with Gasteiger partial charge in [0.25, 0.3) is 0 Å². The largest absolute Gasteiger partial charge is 0.286 e. The Hall–Kier alpha value is -1.92. The smallest absolute Gasteiger partial charge is 0.183 e. The van der Waals surface area contributed by atoms with Crippen molar-refractivity contribution in [2.75, 3.05) is 0 Å². The zero-order chi connectivity index (χ0) is 15.6. The van der Waals surface area contributed by atoms with E-state index in [2.05, 4.69) is 4.99 Å². The molecular weight excluding hydrogens is 273 g/mol. The van der Waals surface area contributed by atoms with Crippen molar-refractivity contribution in [2.24, 2.45) is 4.99 Å². The van der Waals surface area contributed by atoms with Gasteiger partial charge in [-0.1, -0.05) is 5.21 Å². The third-order valence-corrected chi connectivity index (χ3v) is 4.68. The van der Waals surface area contributed by atoms with Crippen molar-refractivity contribution in [3.63, 3.8) is 0 Å². The lowest BCUT2D eigenvalue weighted by Gasteiger charge is -2.36. The summed E-state index contributed by atoms with van der Waals surface area (Å²) in [5.41, 5.74) is -1.26. The molecular formula is C15H17FN3O2. The van der Waals surface area contributed by atoms with Crippen LogP contribution in [0.4, 0.5) is 4.39 Å². The van der Waals surface area contributed by atoms with Crippen molar-refractivity contribution in [3.8, 4) is 0 Å². The van der Waals surface area contributed by atoms with Gasteiger partial charge in [0.15, 0.2) is 5.82 Å². The highest BCUT2D eigenvalue weighted by Gasteiger charge is 2.57. The van der Waals surface area contributed by atoms with Gasteiger partial charge in [-0.25, -0.2) is 14.4 Å². The van der Waals surface area contributed by atoms with E-state index in [1.165, 1.54) is 12.1 Å². The van der Waals surface area contributed by atoms with Crippen LogP contribution in [0.1, 0.15) is 27.7 Å². The predicted octanol–water partition coefficient (Wildman–Crippen LogP) is 1.32. The zero-order valence-corrected chi connectivity index (χ0v) is 12.4. The molecule has 2 aliphatic rings. The summed E-state index contributed by atoms with van der Waals surface area (Å²) in [5.74, 6) is -0.300. The molecule has 0 aliphatic carbocycles. The van der Waals surface area contributed by atoms with Crippen LogP contribution in [-0.4, -0.2) is 26.4 Å². The summed E-state index contributed by atoms with van der Waals surface area (Å²) in [5, 5.41) is 25.9. The Morgan fingerprint density at radius 1 is 1.19 bits per heavy atom. The van der Waals surface area contributed by atoms with Gasteiger partial charge < -0.3 is 0 Å². The molecule has 1 N–H and O–H groups in total. The van der Waals surface area contributed by atoms with Crippen molar-refractivity contribution in [2.45, 2.75) is 38.8 Å². The Balaban J connectivity index is 2.22. The Morgan fingerprint density at radius 3 is 2.43 bits per heavy atom. The van der Waals surface area contributed by atoms with E-state index in [1.54, 1.807) is 39.8 Å². The van der Waals surface area contributed by atoms with Crippen molar-refractivity contribution in [1.82, 2.24) is 10.1 Å². The maximum Gasteiger partial charge on any atom is 0.183 e. The fraction of sp³-hybridized carbons (Fsp3) is 0.400. The van der Waals surface area contributed by atoms with Crippen LogP contribution in [0.3, 0.4) is 0 Å². The van der Waals surface area contributed by atoms with Crippen LogP contribution in [-0.2, 0) is 5.21 Å². The molecule has 6 heteroatoms. The maximum atomic E-state index is 13.2. The molecule has 1 aromatic carbocycles. The minimum Gasteiger partial charge on any atom is -0.286 e. The molecule has 1 fully saturated rings. The minimum absolute atomic E-state index is 0.0848. The number of rotatable bonds is 0. The number of hydroxylamine groups is 4. The fourth-order valence-corrected chi connectivity index (χ4v) is 2.50. The first kappa shape index (κ1) is 14.0. The third-order valence-electron chi connectivity index (χ3n) is 4.68. The van der Waals surface area contributed by atoms with E-state index >= 15 is 0 Å². The monoisotopic (exact) mass is 290 g/mol. The zero-order valence-electron chi connectivity index (χ0n) is 12.4. The van der Waals surface area contributed by atoms with E-state index in [0.717, 1.165) is 15.3 Å². The second kappa shape index (κ2) is 4.05. The second-order valence-electron chi connectivity index (χ2n) is 6.39. The van der Waals surface area contributed by atoms with Crippen molar-refractivity contribution in [1.29, 1.82) is 0 Å². The minimum atomic E-state index is -0.826. The van der Waals surface area contributed by atoms with Crippen molar-refractivity contribution in [3.05, 3.63) is 46.1 Å². The highest BCUT2D eigenvalue weighted by molar-refractivity contribution is 5.52. The standard InChI is InChI=1S/C15H17FN3O2/c1-14(2)15(3,4)19(21)13(18(14)20)12-7-9-5-6-10(16)8-11(9)17-12/h5-8,20H,1-4H3/b13-12+. The maximum absolute atomic E-state index is 13.2. The first-order valence-electron chi connectivity index (χ1n) is 6.73. The number of halogens is 1. The van der Waals surface area contributed by atoms with Crippen LogP contribution < -0.4 is 10.6 Å².